The van der Waals surface area contributed by atoms with Gasteiger partial charge in [0.1, 0.15) is 5.82 Å². The van der Waals surface area contributed by atoms with E-state index in [0.29, 0.717) is 46.8 Å². The maximum Gasteiger partial charge on any atom is 0.282 e. The first kappa shape index (κ1) is 26.2. The number of rotatable bonds is 11. The number of halogens is 1. The van der Waals surface area contributed by atoms with E-state index in [4.69, 9.17) is 20.2 Å². The molecule has 1 atom stereocenters. The lowest BCUT2D eigenvalue weighted by Gasteiger charge is -2.16. The van der Waals surface area contributed by atoms with Gasteiger partial charge in [-0.05, 0) is 55.7 Å². The smallest absolute Gasteiger partial charge is 0.282 e. The van der Waals surface area contributed by atoms with Crippen LogP contribution in [0.5, 0.6) is 11.5 Å². The van der Waals surface area contributed by atoms with Crippen molar-refractivity contribution in [3.8, 4) is 11.5 Å². The standard InChI is InChI=1S/C26H29BrN4O4/c1-5-8-18-11-17(12-22(34-7-3)24(18)35-15-23(28)32)14-29-31-25(16(4)6-2)30-21-10-9-19(27)13-20(21)26(31)33/h5,9-14,16H,1,6-8,15H2,2-4H3,(H2,28,32)/t16-/m0/s1. The summed E-state index contributed by atoms with van der Waals surface area (Å²) in [6.45, 7) is 9.82. The molecule has 9 heteroatoms. The molecule has 35 heavy (non-hydrogen) atoms. The number of hydrogen-bond donors (Lipinski definition) is 1. The van der Waals surface area contributed by atoms with E-state index in [2.05, 4.69) is 27.6 Å². The van der Waals surface area contributed by atoms with Crippen LogP contribution in [0, 0.1) is 0 Å². The minimum absolute atomic E-state index is 0.0211. The van der Waals surface area contributed by atoms with Crippen molar-refractivity contribution in [2.24, 2.45) is 10.8 Å². The molecular formula is C26H29BrN4O4. The predicted molar refractivity (Wildman–Crippen MR) is 142 cm³/mol. The summed E-state index contributed by atoms with van der Waals surface area (Å²) in [4.78, 5) is 29.4. The number of nitrogens with two attached hydrogens (primary N) is 1. The number of aromatic nitrogens is 2. The van der Waals surface area contributed by atoms with Crippen LogP contribution in [0.2, 0.25) is 0 Å². The van der Waals surface area contributed by atoms with Gasteiger partial charge < -0.3 is 15.2 Å². The van der Waals surface area contributed by atoms with Crippen molar-refractivity contribution in [3.63, 3.8) is 0 Å². The number of carbonyl (C=O) groups is 1. The molecule has 0 saturated carbocycles. The molecule has 2 N–H and O–H groups in total. The van der Waals surface area contributed by atoms with E-state index < -0.39 is 5.91 Å². The fourth-order valence-electron chi connectivity index (χ4n) is 3.54. The highest BCUT2D eigenvalue weighted by atomic mass is 79.9. The summed E-state index contributed by atoms with van der Waals surface area (Å²) in [5.41, 5.74) is 7.08. The monoisotopic (exact) mass is 540 g/mol. The summed E-state index contributed by atoms with van der Waals surface area (Å²) in [5.74, 6) is 0.895. The number of nitrogens with zero attached hydrogens (tertiary/aromatic N) is 3. The SMILES string of the molecule is C=CCc1cc(C=Nn2c([C@@H](C)CC)nc3ccc(Br)cc3c2=O)cc(OCC)c1OCC(N)=O. The van der Waals surface area contributed by atoms with Crippen LogP contribution in [-0.2, 0) is 11.2 Å². The topological polar surface area (TPSA) is 109 Å². The van der Waals surface area contributed by atoms with E-state index in [1.54, 1.807) is 24.4 Å². The number of allylic oxidation sites excluding steroid dienone is 1. The normalized spacial score (nSPS) is 12.1. The number of benzene rings is 2. The number of amides is 1. The largest absolute Gasteiger partial charge is 0.490 e. The molecule has 0 radical (unpaired) electrons. The summed E-state index contributed by atoms with van der Waals surface area (Å²) in [6.07, 6.45) is 4.58. The fourth-order valence-corrected chi connectivity index (χ4v) is 3.90. The molecule has 0 aliphatic rings. The molecule has 3 aromatic rings. The van der Waals surface area contributed by atoms with Crippen LogP contribution in [-0.4, -0.2) is 35.0 Å². The molecule has 3 rings (SSSR count). The quantitative estimate of drug-likeness (QED) is 0.283. The first-order chi connectivity index (χ1) is 16.8. The second-order valence-corrected chi connectivity index (χ2v) is 8.91. The fraction of sp³-hybridized carbons (Fsp3) is 0.308. The molecule has 184 valence electrons. The van der Waals surface area contributed by atoms with Gasteiger partial charge in [-0.15, -0.1) is 6.58 Å². The molecule has 0 aliphatic carbocycles. The number of fused-ring (bicyclic) bond motifs is 1. The van der Waals surface area contributed by atoms with Crippen LogP contribution in [0.3, 0.4) is 0 Å². The van der Waals surface area contributed by atoms with Gasteiger partial charge in [0.05, 0.1) is 23.7 Å². The minimum Gasteiger partial charge on any atom is -0.490 e. The molecule has 2 aromatic carbocycles. The van der Waals surface area contributed by atoms with Crippen LogP contribution >= 0.6 is 15.9 Å². The lowest BCUT2D eigenvalue weighted by Crippen LogP contribution is -2.23. The van der Waals surface area contributed by atoms with Crippen molar-refractivity contribution in [3.05, 3.63) is 74.8 Å². The Bertz CT molecular complexity index is 1330. The van der Waals surface area contributed by atoms with E-state index in [9.17, 15) is 9.59 Å². The minimum atomic E-state index is -0.588. The Balaban J connectivity index is 2.15. The third-order valence-electron chi connectivity index (χ3n) is 5.39. The van der Waals surface area contributed by atoms with Gasteiger partial charge in [-0.2, -0.15) is 9.78 Å². The van der Waals surface area contributed by atoms with E-state index in [1.165, 1.54) is 4.68 Å². The van der Waals surface area contributed by atoms with Crippen LogP contribution in [0.25, 0.3) is 10.9 Å². The molecule has 1 heterocycles. The van der Waals surface area contributed by atoms with E-state index >= 15 is 0 Å². The Morgan fingerprint density at radius 1 is 1.29 bits per heavy atom. The number of hydrogen-bond acceptors (Lipinski definition) is 6. The molecular weight excluding hydrogens is 512 g/mol. The summed E-state index contributed by atoms with van der Waals surface area (Å²) in [5, 5.41) is 5.01. The molecule has 1 amide bonds. The summed E-state index contributed by atoms with van der Waals surface area (Å²) in [7, 11) is 0. The highest BCUT2D eigenvalue weighted by Crippen LogP contribution is 2.33. The van der Waals surface area contributed by atoms with Gasteiger partial charge in [0.25, 0.3) is 11.5 Å². The van der Waals surface area contributed by atoms with Gasteiger partial charge in [0.15, 0.2) is 18.1 Å². The highest BCUT2D eigenvalue weighted by molar-refractivity contribution is 9.10. The molecule has 8 nitrogen and oxygen atoms in total. The van der Waals surface area contributed by atoms with Crippen LogP contribution in [0.4, 0.5) is 0 Å². The second-order valence-electron chi connectivity index (χ2n) is 7.99. The van der Waals surface area contributed by atoms with Crippen molar-refractivity contribution in [1.29, 1.82) is 0 Å². The van der Waals surface area contributed by atoms with Gasteiger partial charge >= 0.3 is 0 Å². The third kappa shape index (κ3) is 6.16. The lowest BCUT2D eigenvalue weighted by molar-refractivity contribution is -0.119. The molecule has 0 saturated heterocycles. The number of carbonyl (C=O) groups excluding carboxylic acids is 1. The Morgan fingerprint density at radius 3 is 2.71 bits per heavy atom. The van der Waals surface area contributed by atoms with Crippen molar-refractivity contribution in [1.82, 2.24) is 9.66 Å². The van der Waals surface area contributed by atoms with Gasteiger partial charge in [-0.3, -0.25) is 9.59 Å². The summed E-state index contributed by atoms with van der Waals surface area (Å²) < 4.78 is 13.5. The molecule has 0 unspecified atom stereocenters. The first-order valence-corrected chi connectivity index (χ1v) is 12.2. The van der Waals surface area contributed by atoms with Gasteiger partial charge in [0, 0.05) is 16.0 Å². The predicted octanol–water partition coefficient (Wildman–Crippen LogP) is 4.55. The van der Waals surface area contributed by atoms with E-state index in [0.717, 1.165) is 16.5 Å². The average molecular weight is 541 g/mol. The average Bonchev–Trinajstić information content (AvgIpc) is 2.83. The molecule has 0 aliphatic heterocycles. The summed E-state index contributed by atoms with van der Waals surface area (Å²) in [6, 6.07) is 9.03. The Hall–Kier alpha value is -3.46. The summed E-state index contributed by atoms with van der Waals surface area (Å²) >= 11 is 3.42. The zero-order chi connectivity index (χ0) is 25.5. The van der Waals surface area contributed by atoms with Crippen LogP contribution in [0.1, 0.15) is 50.1 Å². The second kappa shape index (κ2) is 11.8. The van der Waals surface area contributed by atoms with Gasteiger partial charge in [-0.25, -0.2) is 4.98 Å². The first-order valence-electron chi connectivity index (χ1n) is 11.4. The zero-order valence-electron chi connectivity index (χ0n) is 20.1. The Kier molecular flexibility index (Phi) is 8.81. The number of primary amides is 1. The maximum absolute atomic E-state index is 13.4. The van der Waals surface area contributed by atoms with E-state index in [-0.39, 0.29) is 18.1 Å². The van der Waals surface area contributed by atoms with Gasteiger partial charge in [-0.1, -0.05) is 35.9 Å². The highest BCUT2D eigenvalue weighted by Gasteiger charge is 2.17. The maximum atomic E-state index is 13.4. The van der Waals surface area contributed by atoms with Crippen molar-refractivity contribution < 1.29 is 14.3 Å². The molecule has 0 spiro atoms. The lowest BCUT2D eigenvalue weighted by atomic mass is 10.1. The van der Waals surface area contributed by atoms with Crippen molar-refractivity contribution >= 4 is 39.0 Å². The molecule has 0 fully saturated rings. The van der Waals surface area contributed by atoms with E-state index in [1.807, 2.05) is 39.0 Å². The van der Waals surface area contributed by atoms with Gasteiger partial charge in [0.2, 0.25) is 0 Å². The Labute approximate surface area is 212 Å². The molecule has 0 bridgehead atoms. The van der Waals surface area contributed by atoms with Crippen molar-refractivity contribution in [2.75, 3.05) is 13.2 Å². The molecule has 1 aromatic heterocycles. The zero-order valence-corrected chi connectivity index (χ0v) is 21.7. The Morgan fingerprint density at radius 2 is 2.06 bits per heavy atom. The van der Waals surface area contributed by atoms with Crippen LogP contribution in [0.15, 0.2) is 57.4 Å². The van der Waals surface area contributed by atoms with Crippen LogP contribution < -0.4 is 20.8 Å². The van der Waals surface area contributed by atoms with Crippen molar-refractivity contribution in [2.45, 2.75) is 39.5 Å². The third-order valence-corrected chi connectivity index (χ3v) is 5.88. The number of ether oxygens (including phenoxy) is 2.